The van der Waals surface area contributed by atoms with Crippen LogP contribution < -0.4 is 0 Å². The molecule has 0 atom stereocenters. The van der Waals surface area contributed by atoms with Crippen LogP contribution in [0.1, 0.15) is 15.2 Å². The quantitative estimate of drug-likeness (QED) is 0.498. The van der Waals surface area contributed by atoms with Crippen molar-refractivity contribution in [1.29, 1.82) is 0 Å². The van der Waals surface area contributed by atoms with Crippen LogP contribution in [0.5, 0.6) is 0 Å². The first-order valence-electron chi connectivity index (χ1n) is 5.74. The number of aromatic carboxylic acids is 1. The zero-order valence-electron chi connectivity index (χ0n) is 11.2. The van der Waals surface area contributed by atoms with Crippen LogP contribution in [0.4, 0.5) is 0 Å². The number of ether oxygens (including phenoxy) is 2. The van der Waals surface area contributed by atoms with Crippen molar-refractivity contribution >= 4 is 39.3 Å². The van der Waals surface area contributed by atoms with E-state index in [1.807, 2.05) is 0 Å². The van der Waals surface area contributed by atoms with Gasteiger partial charge in [-0.25, -0.2) is 14.8 Å². The minimum Gasteiger partial charge on any atom is -0.477 e. The number of carboxylic acids is 1. The van der Waals surface area contributed by atoms with Crippen LogP contribution in [0.15, 0.2) is 11.4 Å². The molecule has 2 aromatic rings. The summed E-state index contributed by atoms with van der Waals surface area (Å²) in [6.07, 6.45) is 1.11. The molecular formula is C12H14N2O4S2. The molecular weight excluding hydrogens is 300 g/mol. The second-order valence-corrected chi connectivity index (χ2v) is 5.94. The number of aryl methyl sites for hydroxylation is 1. The first kappa shape index (κ1) is 15.2. The molecule has 0 fully saturated rings. The molecule has 0 saturated carbocycles. The number of rotatable bonds is 6. The molecule has 0 aliphatic carbocycles. The molecule has 2 heterocycles. The second kappa shape index (κ2) is 6.49. The second-order valence-electron chi connectivity index (χ2n) is 3.93. The molecule has 0 unspecified atom stereocenters. The first-order valence-corrected chi connectivity index (χ1v) is 7.54. The van der Waals surface area contributed by atoms with Gasteiger partial charge in [-0.05, 0) is 12.5 Å². The molecule has 1 N–H and O–H groups in total. The van der Waals surface area contributed by atoms with Crippen molar-refractivity contribution < 1.29 is 19.4 Å². The molecule has 0 radical (unpaired) electrons. The standard InChI is InChI=1S/C12H14N2O4S2/c1-6-8-10(19-4-7(17-2)18-3)13-5-14-11(8)20-9(6)12(15)16/h5,7H,4H2,1-3H3,(H,15,16). The van der Waals surface area contributed by atoms with Gasteiger partial charge in [-0.2, -0.15) is 0 Å². The van der Waals surface area contributed by atoms with Gasteiger partial charge in [0.05, 0.1) is 5.75 Å². The fourth-order valence-corrected chi connectivity index (χ4v) is 3.87. The van der Waals surface area contributed by atoms with Crippen molar-refractivity contribution in [3.05, 3.63) is 16.8 Å². The van der Waals surface area contributed by atoms with Gasteiger partial charge in [-0.15, -0.1) is 23.1 Å². The van der Waals surface area contributed by atoms with Gasteiger partial charge in [0, 0.05) is 19.6 Å². The van der Waals surface area contributed by atoms with Crippen molar-refractivity contribution in [3.8, 4) is 0 Å². The summed E-state index contributed by atoms with van der Waals surface area (Å²) in [5.41, 5.74) is 0.701. The van der Waals surface area contributed by atoms with Crippen molar-refractivity contribution in [2.75, 3.05) is 20.0 Å². The summed E-state index contributed by atoms with van der Waals surface area (Å²) in [6, 6.07) is 0. The topological polar surface area (TPSA) is 81.5 Å². The Labute approximate surface area is 124 Å². The predicted molar refractivity (Wildman–Crippen MR) is 77.6 cm³/mol. The number of carbonyl (C=O) groups is 1. The third kappa shape index (κ3) is 2.93. The molecule has 2 rings (SSSR count). The Kier molecular flexibility index (Phi) is 4.92. The highest BCUT2D eigenvalue weighted by Gasteiger charge is 2.19. The van der Waals surface area contributed by atoms with Crippen molar-refractivity contribution in [2.45, 2.75) is 18.2 Å². The van der Waals surface area contributed by atoms with Gasteiger partial charge in [-0.1, -0.05) is 0 Å². The summed E-state index contributed by atoms with van der Waals surface area (Å²) < 4.78 is 10.3. The number of hydrogen-bond donors (Lipinski definition) is 1. The Morgan fingerprint density at radius 3 is 2.75 bits per heavy atom. The van der Waals surface area contributed by atoms with Gasteiger partial charge in [-0.3, -0.25) is 0 Å². The summed E-state index contributed by atoms with van der Waals surface area (Å²) in [5, 5.41) is 10.7. The molecule has 8 heteroatoms. The Balaban J connectivity index is 2.36. The van der Waals surface area contributed by atoms with Crippen LogP contribution >= 0.6 is 23.1 Å². The van der Waals surface area contributed by atoms with Gasteiger partial charge in [0.15, 0.2) is 6.29 Å². The highest BCUT2D eigenvalue weighted by molar-refractivity contribution is 7.99. The average molecular weight is 314 g/mol. The van der Waals surface area contributed by atoms with Crippen LogP contribution in [0.3, 0.4) is 0 Å². The van der Waals surface area contributed by atoms with E-state index in [9.17, 15) is 4.79 Å². The van der Waals surface area contributed by atoms with E-state index in [0.29, 0.717) is 21.0 Å². The molecule has 0 aliphatic heterocycles. The highest BCUT2D eigenvalue weighted by Crippen LogP contribution is 2.35. The van der Waals surface area contributed by atoms with E-state index in [-0.39, 0.29) is 6.29 Å². The van der Waals surface area contributed by atoms with Crippen LogP contribution in [-0.2, 0) is 9.47 Å². The maximum absolute atomic E-state index is 11.2. The van der Waals surface area contributed by atoms with E-state index in [0.717, 1.165) is 10.4 Å². The monoisotopic (exact) mass is 314 g/mol. The molecule has 20 heavy (non-hydrogen) atoms. The fraction of sp³-hybridized carbons (Fsp3) is 0.417. The Bertz CT molecular complexity index is 625. The minimum absolute atomic E-state index is 0.303. The lowest BCUT2D eigenvalue weighted by Gasteiger charge is -2.12. The SMILES string of the molecule is COC(CSc1ncnc2sc(C(=O)O)c(C)c12)OC. The lowest BCUT2D eigenvalue weighted by molar-refractivity contribution is -0.0842. The van der Waals surface area contributed by atoms with Crippen molar-refractivity contribution in [2.24, 2.45) is 0 Å². The molecule has 6 nitrogen and oxygen atoms in total. The normalized spacial score (nSPS) is 11.4. The Morgan fingerprint density at radius 2 is 2.15 bits per heavy atom. The Hall–Kier alpha value is -1.22. The van der Waals surface area contributed by atoms with E-state index in [1.165, 1.54) is 29.4 Å². The van der Waals surface area contributed by atoms with E-state index in [1.54, 1.807) is 21.1 Å². The van der Waals surface area contributed by atoms with E-state index >= 15 is 0 Å². The number of fused-ring (bicyclic) bond motifs is 1. The van der Waals surface area contributed by atoms with Crippen LogP contribution in [0.25, 0.3) is 10.2 Å². The van der Waals surface area contributed by atoms with Crippen LogP contribution in [0, 0.1) is 6.92 Å². The van der Waals surface area contributed by atoms with Crippen LogP contribution in [0.2, 0.25) is 0 Å². The molecule has 108 valence electrons. The first-order chi connectivity index (χ1) is 9.58. The molecule has 0 saturated heterocycles. The van der Waals surface area contributed by atoms with Gasteiger partial charge < -0.3 is 14.6 Å². The van der Waals surface area contributed by atoms with E-state index < -0.39 is 5.97 Å². The van der Waals surface area contributed by atoms with E-state index in [2.05, 4.69) is 9.97 Å². The molecule has 0 aliphatic rings. The van der Waals surface area contributed by atoms with E-state index in [4.69, 9.17) is 14.6 Å². The van der Waals surface area contributed by atoms with Gasteiger partial charge >= 0.3 is 5.97 Å². The third-order valence-corrected chi connectivity index (χ3v) is 4.98. The molecule has 2 aromatic heterocycles. The van der Waals surface area contributed by atoms with Gasteiger partial charge in [0.2, 0.25) is 0 Å². The molecule has 0 bridgehead atoms. The zero-order valence-corrected chi connectivity index (χ0v) is 12.9. The summed E-state index contributed by atoms with van der Waals surface area (Å²) >= 11 is 2.62. The molecule has 0 amide bonds. The summed E-state index contributed by atoms with van der Waals surface area (Å²) in [4.78, 5) is 20.5. The number of aromatic nitrogens is 2. The number of methoxy groups -OCH3 is 2. The fourth-order valence-electron chi connectivity index (χ4n) is 1.73. The summed E-state index contributed by atoms with van der Waals surface area (Å²) in [5.74, 6) is -0.371. The number of carboxylic acid groups (broad SMARTS) is 1. The average Bonchev–Trinajstić information content (AvgIpc) is 2.78. The zero-order chi connectivity index (χ0) is 14.7. The highest BCUT2D eigenvalue weighted by atomic mass is 32.2. The van der Waals surface area contributed by atoms with Crippen molar-refractivity contribution in [3.63, 3.8) is 0 Å². The van der Waals surface area contributed by atoms with Crippen LogP contribution in [-0.4, -0.2) is 47.3 Å². The minimum atomic E-state index is -0.937. The predicted octanol–water partition coefficient (Wildman–Crippen LogP) is 2.41. The number of thioether (sulfide) groups is 1. The van der Waals surface area contributed by atoms with Crippen molar-refractivity contribution in [1.82, 2.24) is 9.97 Å². The summed E-state index contributed by atoms with van der Waals surface area (Å²) in [7, 11) is 3.14. The number of hydrogen-bond acceptors (Lipinski definition) is 7. The lowest BCUT2D eigenvalue weighted by Crippen LogP contribution is -2.15. The third-order valence-electron chi connectivity index (χ3n) is 2.77. The van der Waals surface area contributed by atoms with Gasteiger partial charge in [0.25, 0.3) is 0 Å². The number of thiophene rings is 1. The molecule has 0 aromatic carbocycles. The van der Waals surface area contributed by atoms with Gasteiger partial charge in [0.1, 0.15) is 21.1 Å². The summed E-state index contributed by atoms with van der Waals surface area (Å²) in [6.45, 7) is 1.78. The molecule has 0 spiro atoms. The smallest absolute Gasteiger partial charge is 0.346 e. The largest absolute Gasteiger partial charge is 0.477 e. The number of nitrogens with zero attached hydrogens (tertiary/aromatic N) is 2. The lowest BCUT2D eigenvalue weighted by atomic mass is 10.2. The maximum atomic E-state index is 11.2. The Morgan fingerprint density at radius 1 is 1.45 bits per heavy atom. The maximum Gasteiger partial charge on any atom is 0.346 e.